The van der Waals surface area contributed by atoms with Crippen molar-refractivity contribution in [3.8, 4) is 5.75 Å². The molecule has 0 aromatic heterocycles. The van der Waals surface area contributed by atoms with Crippen molar-refractivity contribution in [1.29, 1.82) is 0 Å². The fraction of sp³-hybridized carbons (Fsp3) is 0.409. The lowest BCUT2D eigenvalue weighted by Gasteiger charge is -2.34. The summed E-state index contributed by atoms with van der Waals surface area (Å²) in [5.41, 5.74) is 3.37. The molecule has 0 atom stereocenters. The van der Waals surface area contributed by atoms with E-state index in [0.717, 1.165) is 63.6 Å². The minimum atomic E-state index is 0. The molecule has 2 aromatic rings. The molecule has 0 amide bonds. The van der Waals surface area contributed by atoms with Crippen LogP contribution in [0.4, 0.5) is 0 Å². The van der Waals surface area contributed by atoms with Gasteiger partial charge in [-0.15, -0.1) is 24.8 Å². The highest BCUT2D eigenvalue weighted by molar-refractivity contribution is 5.96. The van der Waals surface area contributed by atoms with E-state index in [2.05, 4.69) is 40.1 Å². The van der Waals surface area contributed by atoms with Gasteiger partial charge in [-0.1, -0.05) is 30.3 Å². The Hall–Kier alpha value is -1.59. The van der Waals surface area contributed by atoms with E-state index in [1.807, 2.05) is 18.2 Å². The zero-order chi connectivity index (χ0) is 17.8. The molecule has 1 saturated heterocycles. The van der Waals surface area contributed by atoms with Gasteiger partial charge in [0.2, 0.25) is 0 Å². The van der Waals surface area contributed by atoms with E-state index in [0.29, 0.717) is 6.42 Å². The summed E-state index contributed by atoms with van der Waals surface area (Å²) in [5.74, 6) is 1.18. The maximum Gasteiger partial charge on any atom is 0.164 e. The SMILES string of the molecule is Cl.Cl.O=C(CCN1CCN(Cc2ccccc2)CC1)c1ccc2c(c1)CCO2. The summed E-state index contributed by atoms with van der Waals surface area (Å²) < 4.78 is 5.52. The van der Waals surface area contributed by atoms with Crippen molar-refractivity contribution in [2.45, 2.75) is 19.4 Å². The van der Waals surface area contributed by atoms with Gasteiger partial charge in [-0.3, -0.25) is 9.69 Å². The summed E-state index contributed by atoms with van der Waals surface area (Å²) in [7, 11) is 0. The van der Waals surface area contributed by atoms with Crippen LogP contribution in [0.5, 0.6) is 5.75 Å². The number of hydrogen-bond donors (Lipinski definition) is 0. The molecule has 0 aliphatic carbocycles. The second-order valence-electron chi connectivity index (χ2n) is 7.20. The Kier molecular flexibility index (Phi) is 8.77. The van der Waals surface area contributed by atoms with E-state index in [1.165, 1.54) is 11.1 Å². The van der Waals surface area contributed by atoms with Gasteiger partial charge in [-0.05, 0) is 29.3 Å². The summed E-state index contributed by atoms with van der Waals surface area (Å²) in [5, 5.41) is 0. The van der Waals surface area contributed by atoms with Gasteiger partial charge in [0.05, 0.1) is 6.61 Å². The number of fused-ring (bicyclic) bond motifs is 1. The Balaban J connectivity index is 0.00000140. The number of piperazine rings is 1. The number of carbonyl (C=O) groups excluding carboxylic acids is 1. The third kappa shape index (κ3) is 5.71. The molecule has 6 heteroatoms. The first-order chi connectivity index (χ1) is 12.8. The lowest BCUT2D eigenvalue weighted by molar-refractivity contribution is 0.0922. The third-order valence-corrected chi connectivity index (χ3v) is 5.38. The number of halogens is 2. The molecule has 0 radical (unpaired) electrons. The fourth-order valence-electron chi connectivity index (χ4n) is 3.78. The molecule has 2 aliphatic rings. The Bertz CT molecular complexity index is 762. The molecular weight excluding hydrogens is 395 g/mol. The van der Waals surface area contributed by atoms with Crippen molar-refractivity contribution < 1.29 is 9.53 Å². The van der Waals surface area contributed by atoms with Gasteiger partial charge in [-0.2, -0.15) is 0 Å². The zero-order valence-electron chi connectivity index (χ0n) is 16.0. The maximum absolute atomic E-state index is 12.5. The lowest BCUT2D eigenvalue weighted by atomic mass is 10.0. The summed E-state index contributed by atoms with van der Waals surface area (Å²) >= 11 is 0. The summed E-state index contributed by atoms with van der Waals surface area (Å²) in [6.45, 7) is 6.82. The van der Waals surface area contributed by atoms with Crippen LogP contribution in [0.1, 0.15) is 27.9 Å². The standard InChI is InChI=1S/C22H26N2O2.2ClH/c25-21(19-6-7-22-20(16-19)9-15-26-22)8-10-23-11-13-24(14-12-23)17-18-4-2-1-3-5-18;;/h1-7,16H,8-15,17H2;2*1H. The van der Waals surface area contributed by atoms with Crippen LogP contribution >= 0.6 is 24.8 Å². The number of ketones is 1. The molecule has 0 bridgehead atoms. The number of carbonyl (C=O) groups is 1. The first-order valence-electron chi connectivity index (χ1n) is 9.55. The summed E-state index contributed by atoms with van der Waals surface area (Å²) in [6, 6.07) is 16.5. The second kappa shape index (κ2) is 10.8. The van der Waals surface area contributed by atoms with Crippen LogP contribution in [0.15, 0.2) is 48.5 Å². The Morgan fingerprint density at radius 2 is 1.64 bits per heavy atom. The topological polar surface area (TPSA) is 32.8 Å². The molecule has 0 spiro atoms. The van der Waals surface area contributed by atoms with Crippen LogP contribution in [0.2, 0.25) is 0 Å². The number of Topliss-reactive ketones (excluding diaryl/α,β-unsaturated/α-hetero) is 1. The predicted octanol–water partition coefficient (Wildman–Crippen LogP) is 3.86. The first kappa shape index (κ1) is 22.7. The highest BCUT2D eigenvalue weighted by atomic mass is 35.5. The highest BCUT2D eigenvalue weighted by Crippen LogP contribution is 2.26. The van der Waals surface area contributed by atoms with Gasteiger partial charge in [0.15, 0.2) is 5.78 Å². The number of rotatable bonds is 6. The average molecular weight is 423 g/mol. The first-order valence-corrected chi connectivity index (χ1v) is 9.55. The number of hydrogen-bond acceptors (Lipinski definition) is 4. The van der Waals surface area contributed by atoms with E-state index in [-0.39, 0.29) is 30.6 Å². The molecule has 152 valence electrons. The normalized spacial score (nSPS) is 16.4. The second-order valence-corrected chi connectivity index (χ2v) is 7.20. The number of nitrogens with zero attached hydrogens (tertiary/aromatic N) is 2. The molecule has 4 nitrogen and oxygen atoms in total. The maximum atomic E-state index is 12.5. The van der Waals surface area contributed by atoms with E-state index in [1.54, 1.807) is 0 Å². The van der Waals surface area contributed by atoms with Crippen molar-refractivity contribution >= 4 is 30.6 Å². The quantitative estimate of drug-likeness (QED) is 0.661. The van der Waals surface area contributed by atoms with Crippen LogP contribution in [0.25, 0.3) is 0 Å². The summed E-state index contributed by atoms with van der Waals surface area (Å²) in [4.78, 5) is 17.4. The van der Waals surface area contributed by atoms with Crippen molar-refractivity contribution in [3.05, 3.63) is 65.2 Å². The number of ether oxygens (including phenoxy) is 1. The molecular formula is C22H28Cl2N2O2. The van der Waals surface area contributed by atoms with Gasteiger partial charge < -0.3 is 9.64 Å². The van der Waals surface area contributed by atoms with Crippen molar-refractivity contribution in [1.82, 2.24) is 9.80 Å². The predicted molar refractivity (Wildman–Crippen MR) is 117 cm³/mol. The van der Waals surface area contributed by atoms with Gasteiger partial charge in [-0.25, -0.2) is 0 Å². The minimum Gasteiger partial charge on any atom is -0.493 e. The van der Waals surface area contributed by atoms with Gasteiger partial charge in [0.25, 0.3) is 0 Å². The summed E-state index contributed by atoms with van der Waals surface area (Å²) in [6.07, 6.45) is 1.51. The average Bonchev–Trinajstić information content (AvgIpc) is 3.16. The fourth-order valence-corrected chi connectivity index (χ4v) is 3.78. The molecule has 2 aromatic carbocycles. The molecule has 0 unspecified atom stereocenters. The van der Waals surface area contributed by atoms with Gasteiger partial charge in [0.1, 0.15) is 5.75 Å². The smallest absolute Gasteiger partial charge is 0.164 e. The number of benzene rings is 2. The Labute approximate surface area is 179 Å². The highest BCUT2D eigenvalue weighted by Gasteiger charge is 2.19. The molecule has 28 heavy (non-hydrogen) atoms. The van der Waals surface area contributed by atoms with Crippen molar-refractivity contribution in [3.63, 3.8) is 0 Å². The largest absolute Gasteiger partial charge is 0.493 e. The Morgan fingerprint density at radius 1 is 0.929 bits per heavy atom. The molecule has 2 heterocycles. The van der Waals surface area contributed by atoms with E-state index < -0.39 is 0 Å². The van der Waals surface area contributed by atoms with Crippen LogP contribution in [-0.2, 0) is 13.0 Å². The molecule has 0 saturated carbocycles. The van der Waals surface area contributed by atoms with E-state index in [9.17, 15) is 4.79 Å². The van der Waals surface area contributed by atoms with Crippen molar-refractivity contribution in [2.75, 3.05) is 39.3 Å². The van der Waals surface area contributed by atoms with E-state index in [4.69, 9.17) is 4.74 Å². The molecule has 4 rings (SSSR count). The minimum absolute atomic E-state index is 0. The van der Waals surface area contributed by atoms with Crippen LogP contribution in [0, 0.1) is 0 Å². The van der Waals surface area contributed by atoms with Crippen LogP contribution in [0.3, 0.4) is 0 Å². The molecule has 1 fully saturated rings. The third-order valence-electron chi connectivity index (χ3n) is 5.38. The molecule has 0 N–H and O–H groups in total. The lowest BCUT2D eigenvalue weighted by Crippen LogP contribution is -2.46. The Morgan fingerprint density at radius 3 is 2.39 bits per heavy atom. The monoisotopic (exact) mass is 422 g/mol. The van der Waals surface area contributed by atoms with Gasteiger partial charge in [0, 0.05) is 57.7 Å². The zero-order valence-corrected chi connectivity index (χ0v) is 17.6. The van der Waals surface area contributed by atoms with Gasteiger partial charge >= 0.3 is 0 Å². The molecule has 2 aliphatic heterocycles. The van der Waals surface area contributed by atoms with Crippen LogP contribution in [-0.4, -0.2) is 54.9 Å². The van der Waals surface area contributed by atoms with Crippen molar-refractivity contribution in [2.24, 2.45) is 0 Å². The van der Waals surface area contributed by atoms with E-state index >= 15 is 0 Å². The van der Waals surface area contributed by atoms with Crippen LogP contribution < -0.4 is 4.74 Å².